The van der Waals surface area contributed by atoms with E-state index in [1.54, 1.807) is 18.2 Å². The van der Waals surface area contributed by atoms with E-state index in [4.69, 9.17) is 49.4 Å². The maximum atomic E-state index is 11.7. The number of nitrogens with zero attached hydrogens (tertiary/aromatic N) is 1. The molecule has 0 unspecified atom stereocenters. The van der Waals surface area contributed by atoms with E-state index in [9.17, 15) is 9.59 Å². The lowest BCUT2D eigenvalue weighted by molar-refractivity contribution is -0.139. The lowest BCUT2D eigenvalue weighted by atomic mass is 10.2. The fourth-order valence-corrected chi connectivity index (χ4v) is 2.51. The minimum absolute atomic E-state index is 0.215. The number of benzene rings is 2. The Bertz CT molecular complexity index is 874. The summed E-state index contributed by atoms with van der Waals surface area (Å²) >= 11 is 17.7. The first-order valence-electron chi connectivity index (χ1n) is 7.39. The molecular formula is C17H13Cl3N2O5. The molecule has 0 atom stereocenters. The van der Waals surface area contributed by atoms with Gasteiger partial charge < -0.3 is 14.6 Å². The minimum atomic E-state index is -1.11. The van der Waals surface area contributed by atoms with Crippen LogP contribution >= 0.6 is 34.8 Å². The quantitative estimate of drug-likeness (QED) is 0.491. The molecule has 0 aromatic heterocycles. The maximum Gasteiger partial charge on any atom is 0.341 e. The Morgan fingerprint density at radius 2 is 1.63 bits per heavy atom. The van der Waals surface area contributed by atoms with Gasteiger partial charge in [0.1, 0.15) is 11.5 Å². The van der Waals surface area contributed by atoms with E-state index >= 15 is 0 Å². The molecule has 2 rings (SSSR count). The molecule has 10 heteroatoms. The first-order valence-corrected chi connectivity index (χ1v) is 8.52. The predicted octanol–water partition coefficient (Wildman–Crippen LogP) is 3.64. The van der Waals surface area contributed by atoms with Crippen LogP contribution in [0.5, 0.6) is 11.5 Å². The third-order valence-electron chi connectivity index (χ3n) is 2.96. The summed E-state index contributed by atoms with van der Waals surface area (Å²) in [6.45, 7) is -0.789. The second kappa shape index (κ2) is 10.0. The number of amides is 1. The number of aliphatic carboxylic acids is 1. The van der Waals surface area contributed by atoms with Gasteiger partial charge in [-0.05, 0) is 42.0 Å². The van der Waals surface area contributed by atoms with Gasteiger partial charge in [-0.3, -0.25) is 4.79 Å². The van der Waals surface area contributed by atoms with Crippen LogP contribution in [0.2, 0.25) is 15.1 Å². The summed E-state index contributed by atoms with van der Waals surface area (Å²) in [6, 6.07) is 9.26. The van der Waals surface area contributed by atoms with Crippen LogP contribution in [0.15, 0.2) is 41.5 Å². The van der Waals surface area contributed by atoms with Crippen molar-refractivity contribution in [3.63, 3.8) is 0 Å². The highest BCUT2D eigenvalue weighted by atomic mass is 35.5. The highest BCUT2D eigenvalue weighted by molar-refractivity contribution is 6.35. The van der Waals surface area contributed by atoms with Gasteiger partial charge in [-0.1, -0.05) is 34.8 Å². The molecule has 0 fully saturated rings. The number of hydrogen-bond acceptors (Lipinski definition) is 5. The van der Waals surface area contributed by atoms with Crippen molar-refractivity contribution < 1.29 is 24.2 Å². The maximum absolute atomic E-state index is 11.7. The van der Waals surface area contributed by atoms with Gasteiger partial charge in [0.05, 0.1) is 16.3 Å². The summed E-state index contributed by atoms with van der Waals surface area (Å²) in [6.07, 6.45) is 1.36. The molecule has 1 amide bonds. The number of hydrazone groups is 1. The van der Waals surface area contributed by atoms with E-state index in [1.807, 2.05) is 0 Å². The second-order valence-corrected chi connectivity index (χ2v) is 6.28. The highest BCUT2D eigenvalue weighted by Gasteiger charge is 2.07. The third-order valence-corrected chi connectivity index (χ3v) is 3.79. The number of ether oxygens (including phenoxy) is 2. The van der Waals surface area contributed by atoms with Crippen molar-refractivity contribution in [1.29, 1.82) is 0 Å². The Balaban J connectivity index is 1.84. The Morgan fingerprint density at radius 3 is 2.26 bits per heavy atom. The largest absolute Gasteiger partial charge is 0.482 e. The molecule has 7 nitrogen and oxygen atoms in total. The molecular weight excluding hydrogens is 419 g/mol. The van der Waals surface area contributed by atoms with E-state index in [0.717, 1.165) is 0 Å². The molecule has 2 aromatic carbocycles. The van der Waals surface area contributed by atoms with E-state index in [1.165, 1.54) is 24.4 Å². The van der Waals surface area contributed by atoms with Crippen molar-refractivity contribution in [2.45, 2.75) is 0 Å². The van der Waals surface area contributed by atoms with Crippen molar-refractivity contribution in [3.8, 4) is 11.5 Å². The van der Waals surface area contributed by atoms with Crippen molar-refractivity contribution in [2.24, 2.45) is 5.10 Å². The predicted molar refractivity (Wildman–Crippen MR) is 102 cm³/mol. The minimum Gasteiger partial charge on any atom is -0.482 e. The third kappa shape index (κ3) is 6.97. The van der Waals surface area contributed by atoms with Crippen LogP contribution in [-0.2, 0) is 9.59 Å². The monoisotopic (exact) mass is 430 g/mol. The highest BCUT2D eigenvalue weighted by Crippen LogP contribution is 2.27. The van der Waals surface area contributed by atoms with E-state index in [2.05, 4.69) is 10.5 Å². The van der Waals surface area contributed by atoms with Crippen LogP contribution in [0, 0.1) is 0 Å². The molecule has 0 heterocycles. The smallest absolute Gasteiger partial charge is 0.341 e. The lowest BCUT2D eigenvalue weighted by Gasteiger charge is -2.07. The number of rotatable bonds is 8. The van der Waals surface area contributed by atoms with Gasteiger partial charge in [0.2, 0.25) is 0 Å². The van der Waals surface area contributed by atoms with Crippen LogP contribution < -0.4 is 14.9 Å². The Morgan fingerprint density at radius 1 is 1.00 bits per heavy atom. The van der Waals surface area contributed by atoms with E-state index in [-0.39, 0.29) is 17.4 Å². The summed E-state index contributed by atoms with van der Waals surface area (Å²) in [7, 11) is 0. The molecule has 0 aliphatic heterocycles. The SMILES string of the molecule is O=C(O)COc1ccc(C=NNC(=O)COc2ccc(Cl)cc2Cl)cc1Cl. The van der Waals surface area contributed by atoms with Gasteiger partial charge in [0.15, 0.2) is 13.2 Å². The number of carbonyl (C=O) groups excluding carboxylic acids is 1. The zero-order chi connectivity index (χ0) is 19.8. The van der Waals surface area contributed by atoms with Gasteiger partial charge >= 0.3 is 5.97 Å². The zero-order valence-electron chi connectivity index (χ0n) is 13.6. The van der Waals surface area contributed by atoms with Crippen LogP contribution in [0.3, 0.4) is 0 Å². The van der Waals surface area contributed by atoms with Crippen molar-refractivity contribution >= 4 is 52.9 Å². The molecule has 0 bridgehead atoms. The lowest BCUT2D eigenvalue weighted by Crippen LogP contribution is -2.24. The first kappa shape index (κ1) is 20.8. The molecule has 0 aliphatic rings. The van der Waals surface area contributed by atoms with Crippen LogP contribution in [0.4, 0.5) is 0 Å². The average Bonchev–Trinajstić information content (AvgIpc) is 2.60. The van der Waals surface area contributed by atoms with Crippen molar-refractivity contribution in [3.05, 3.63) is 57.0 Å². The average molecular weight is 432 g/mol. The zero-order valence-corrected chi connectivity index (χ0v) is 15.9. The second-order valence-electron chi connectivity index (χ2n) is 5.03. The first-order chi connectivity index (χ1) is 12.8. The van der Waals surface area contributed by atoms with Gasteiger partial charge in [-0.25, -0.2) is 10.2 Å². The van der Waals surface area contributed by atoms with Gasteiger partial charge in [-0.15, -0.1) is 0 Å². The molecule has 0 saturated carbocycles. The normalized spacial score (nSPS) is 10.6. The number of halogens is 3. The fourth-order valence-electron chi connectivity index (χ4n) is 1.80. The number of hydrogen-bond donors (Lipinski definition) is 2. The molecule has 0 radical (unpaired) electrons. The number of carboxylic acid groups (broad SMARTS) is 1. The fraction of sp³-hybridized carbons (Fsp3) is 0.118. The Hall–Kier alpha value is -2.48. The van der Waals surface area contributed by atoms with Crippen LogP contribution in [0.1, 0.15) is 5.56 Å². The van der Waals surface area contributed by atoms with Crippen LogP contribution in [-0.4, -0.2) is 36.4 Å². The Labute approximate surface area is 169 Å². The molecule has 142 valence electrons. The molecule has 2 N–H and O–H groups in total. The number of carboxylic acids is 1. The van der Waals surface area contributed by atoms with Gasteiger partial charge in [0, 0.05) is 5.02 Å². The van der Waals surface area contributed by atoms with E-state index in [0.29, 0.717) is 21.4 Å². The summed E-state index contributed by atoms with van der Waals surface area (Å²) in [5.41, 5.74) is 2.86. The summed E-state index contributed by atoms with van der Waals surface area (Å²) in [5, 5.41) is 13.3. The van der Waals surface area contributed by atoms with Gasteiger partial charge in [0.25, 0.3) is 5.91 Å². The van der Waals surface area contributed by atoms with Crippen LogP contribution in [0.25, 0.3) is 0 Å². The van der Waals surface area contributed by atoms with E-state index < -0.39 is 18.5 Å². The topological polar surface area (TPSA) is 97.2 Å². The molecule has 0 spiro atoms. The summed E-state index contributed by atoms with van der Waals surface area (Å²) in [5.74, 6) is -1.05. The molecule has 0 saturated heterocycles. The van der Waals surface area contributed by atoms with Gasteiger partial charge in [-0.2, -0.15) is 5.10 Å². The van der Waals surface area contributed by atoms with Crippen molar-refractivity contribution in [2.75, 3.05) is 13.2 Å². The summed E-state index contributed by atoms with van der Waals surface area (Å²) in [4.78, 5) is 22.2. The Kier molecular flexibility index (Phi) is 7.72. The van der Waals surface area contributed by atoms with Crippen molar-refractivity contribution in [1.82, 2.24) is 5.43 Å². The molecule has 27 heavy (non-hydrogen) atoms. The molecule has 0 aliphatic carbocycles. The summed E-state index contributed by atoms with van der Waals surface area (Å²) < 4.78 is 10.3. The number of nitrogens with one attached hydrogen (secondary N) is 1. The standard InChI is InChI=1S/C17H13Cl3N2O5/c18-11-2-4-15(13(20)6-11)26-8-16(23)22-21-7-10-1-3-14(12(19)5-10)27-9-17(24)25/h1-7H,8-9H2,(H,22,23)(H,24,25). The molecule has 2 aromatic rings. The number of carbonyl (C=O) groups is 2.